The summed E-state index contributed by atoms with van der Waals surface area (Å²) < 4.78 is 1.78. The minimum atomic E-state index is -0.299. The van der Waals surface area contributed by atoms with Crippen LogP contribution in [-0.4, -0.2) is 20.7 Å². The highest BCUT2D eigenvalue weighted by molar-refractivity contribution is 6.30. The fraction of sp³-hybridized carbons (Fsp3) is 0.0800. The third-order valence-corrected chi connectivity index (χ3v) is 5.55. The number of anilines is 2. The number of hydrogen-bond acceptors (Lipinski definition) is 4. The fourth-order valence-corrected chi connectivity index (χ4v) is 3.74. The van der Waals surface area contributed by atoms with Crippen molar-refractivity contribution in [3.63, 3.8) is 0 Å². The van der Waals surface area contributed by atoms with Crippen molar-refractivity contribution in [3.8, 4) is 0 Å². The second-order valence-electron chi connectivity index (χ2n) is 7.59. The lowest BCUT2D eigenvalue weighted by Crippen LogP contribution is -2.20. The molecule has 0 fully saturated rings. The van der Waals surface area contributed by atoms with Crippen LogP contribution in [0.4, 0.5) is 11.9 Å². The Morgan fingerprint density at radius 1 is 1.00 bits per heavy atom. The van der Waals surface area contributed by atoms with Crippen LogP contribution in [0, 0.1) is 6.92 Å². The van der Waals surface area contributed by atoms with Crippen LogP contribution >= 0.6 is 24.0 Å². The summed E-state index contributed by atoms with van der Waals surface area (Å²) in [6.07, 6.45) is 2.12. The number of halogens is 2. The highest BCUT2D eigenvalue weighted by Crippen LogP contribution is 2.33. The Labute approximate surface area is 202 Å². The summed E-state index contributed by atoms with van der Waals surface area (Å²) in [5, 5.41) is 11.3. The first-order valence-electron chi connectivity index (χ1n) is 10.2. The number of nitrogens with one attached hydrogen (secondary N) is 2. The molecule has 1 amide bonds. The van der Waals surface area contributed by atoms with Crippen molar-refractivity contribution >= 4 is 47.5 Å². The van der Waals surface area contributed by atoms with Crippen molar-refractivity contribution in [1.29, 1.82) is 0 Å². The quantitative estimate of drug-likeness (QED) is 0.379. The van der Waals surface area contributed by atoms with Gasteiger partial charge in [-0.1, -0.05) is 71.8 Å². The van der Waals surface area contributed by atoms with Crippen molar-refractivity contribution in [2.45, 2.75) is 13.0 Å². The van der Waals surface area contributed by atoms with E-state index in [1.165, 1.54) is 5.56 Å². The highest BCUT2D eigenvalue weighted by Gasteiger charge is 2.25. The van der Waals surface area contributed by atoms with Crippen LogP contribution in [0.3, 0.4) is 0 Å². The van der Waals surface area contributed by atoms with Gasteiger partial charge >= 0.3 is 0 Å². The molecule has 166 valence electrons. The normalized spacial score (nSPS) is 14.4. The van der Waals surface area contributed by atoms with E-state index in [2.05, 4.69) is 70.1 Å². The van der Waals surface area contributed by atoms with Gasteiger partial charge in [0.05, 0.1) is 0 Å². The number of rotatable bonds is 4. The number of allylic oxidation sites excluding steroid dienone is 1. The fourth-order valence-electron chi connectivity index (χ4n) is 3.61. The van der Waals surface area contributed by atoms with E-state index in [1.54, 1.807) is 28.9 Å². The largest absolute Gasteiger partial charge is 0.324 e. The van der Waals surface area contributed by atoms with E-state index < -0.39 is 0 Å². The highest BCUT2D eigenvalue weighted by atomic mass is 35.5. The summed E-state index contributed by atoms with van der Waals surface area (Å²) in [6, 6.07) is 24.9. The summed E-state index contributed by atoms with van der Waals surface area (Å²) in [7, 11) is 0. The lowest BCUT2D eigenvalue weighted by atomic mass is 10.0. The van der Waals surface area contributed by atoms with Crippen LogP contribution in [0.25, 0.3) is 5.70 Å². The van der Waals surface area contributed by atoms with Crippen LogP contribution in [0.15, 0.2) is 84.9 Å². The topological polar surface area (TPSA) is 71.8 Å². The first-order chi connectivity index (χ1) is 15.6. The number of hydrogen-bond donors (Lipinski definition) is 2. The zero-order chi connectivity index (χ0) is 22.1. The first kappa shape index (κ1) is 22.6. The van der Waals surface area contributed by atoms with Gasteiger partial charge in [-0.3, -0.25) is 10.1 Å². The van der Waals surface area contributed by atoms with E-state index in [9.17, 15) is 4.79 Å². The van der Waals surface area contributed by atoms with Crippen molar-refractivity contribution in [2.24, 2.45) is 0 Å². The molecule has 0 aliphatic carbocycles. The van der Waals surface area contributed by atoms with E-state index in [4.69, 9.17) is 11.6 Å². The molecule has 8 heteroatoms. The van der Waals surface area contributed by atoms with Crippen LogP contribution < -0.4 is 10.6 Å². The number of carbonyl (C=O) groups is 1. The number of benzene rings is 3. The summed E-state index contributed by atoms with van der Waals surface area (Å²) in [4.78, 5) is 17.2. The molecule has 3 aromatic carbocycles. The molecule has 1 atom stereocenters. The lowest BCUT2D eigenvalue weighted by molar-refractivity contribution is 0.102. The van der Waals surface area contributed by atoms with Crippen LogP contribution in [0.1, 0.15) is 33.1 Å². The average Bonchev–Trinajstić information content (AvgIpc) is 3.22. The van der Waals surface area contributed by atoms with Crippen molar-refractivity contribution in [2.75, 3.05) is 10.6 Å². The Morgan fingerprint density at radius 2 is 1.70 bits per heavy atom. The third-order valence-electron chi connectivity index (χ3n) is 5.30. The summed E-state index contributed by atoms with van der Waals surface area (Å²) in [5.41, 5.74) is 4.74. The third kappa shape index (κ3) is 4.77. The van der Waals surface area contributed by atoms with Gasteiger partial charge in [-0.05, 0) is 48.4 Å². The van der Waals surface area contributed by atoms with Gasteiger partial charge in [-0.25, -0.2) is 4.68 Å². The maximum atomic E-state index is 12.6. The SMILES string of the molecule is Cc1ccc(C2=CC(c3ccccc3)n3nc(NC(=O)c4ccc(Cl)cc4)nc3N2)cc1.Cl. The monoisotopic (exact) mass is 477 g/mol. The molecule has 6 nitrogen and oxygen atoms in total. The number of nitrogens with zero attached hydrogens (tertiary/aromatic N) is 3. The maximum Gasteiger partial charge on any atom is 0.258 e. The van der Waals surface area contributed by atoms with Crippen molar-refractivity contribution in [1.82, 2.24) is 14.8 Å². The van der Waals surface area contributed by atoms with Gasteiger partial charge in [0.25, 0.3) is 11.9 Å². The Balaban J connectivity index is 0.00000259. The molecule has 0 radical (unpaired) electrons. The molecular formula is C25H21Cl2N5O. The molecule has 1 aliphatic heterocycles. The molecule has 2 heterocycles. The second kappa shape index (κ2) is 9.48. The van der Waals surface area contributed by atoms with E-state index in [-0.39, 0.29) is 30.3 Å². The molecule has 1 aliphatic rings. The Morgan fingerprint density at radius 3 is 2.39 bits per heavy atom. The Bertz CT molecular complexity index is 1300. The van der Waals surface area contributed by atoms with Crippen LogP contribution in [-0.2, 0) is 0 Å². The molecule has 2 N–H and O–H groups in total. The molecule has 33 heavy (non-hydrogen) atoms. The van der Waals surface area contributed by atoms with Gasteiger partial charge in [0.15, 0.2) is 0 Å². The predicted octanol–water partition coefficient (Wildman–Crippen LogP) is 5.97. The molecule has 5 rings (SSSR count). The molecule has 0 bridgehead atoms. The lowest BCUT2D eigenvalue weighted by Gasteiger charge is -2.24. The van der Waals surface area contributed by atoms with E-state index in [1.807, 2.05) is 18.2 Å². The minimum absolute atomic E-state index is 0. The molecular weight excluding hydrogens is 457 g/mol. The number of carbonyl (C=O) groups excluding carboxylic acids is 1. The van der Waals surface area contributed by atoms with E-state index in [0.717, 1.165) is 16.8 Å². The zero-order valence-corrected chi connectivity index (χ0v) is 19.3. The molecule has 1 unspecified atom stereocenters. The molecule has 0 spiro atoms. The van der Waals surface area contributed by atoms with Gasteiger partial charge in [0.2, 0.25) is 5.95 Å². The Hall–Kier alpha value is -3.61. The zero-order valence-electron chi connectivity index (χ0n) is 17.7. The van der Waals surface area contributed by atoms with Gasteiger partial charge in [0, 0.05) is 16.3 Å². The van der Waals surface area contributed by atoms with Crippen molar-refractivity contribution in [3.05, 3.63) is 112 Å². The van der Waals surface area contributed by atoms with Gasteiger partial charge in [0.1, 0.15) is 6.04 Å². The van der Waals surface area contributed by atoms with Crippen molar-refractivity contribution < 1.29 is 4.79 Å². The average molecular weight is 478 g/mol. The molecule has 4 aromatic rings. The maximum absolute atomic E-state index is 12.6. The van der Waals surface area contributed by atoms with Gasteiger partial charge < -0.3 is 5.32 Å². The number of fused-ring (bicyclic) bond motifs is 1. The summed E-state index contributed by atoms with van der Waals surface area (Å²) in [5.74, 6) is 0.489. The Kier molecular flexibility index (Phi) is 6.49. The molecule has 0 saturated heterocycles. The summed E-state index contributed by atoms with van der Waals surface area (Å²) >= 11 is 5.92. The van der Waals surface area contributed by atoms with E-state index >= 15 is 0 Å². The minimum Gasteiger partial charge on any atom is -0.324 e. The summed E-state index contributed by atoms with van der Waals surface area (Å²) in [6.45, 7) is 2.06. The second-order valence-corrected chi connectivity index (χ2v) is 8.03. The van der Waals surface area contributed by atoms with E-state index in [0.29, 0.717) is 16.5 Å². The number of aryl methyl sites for hydroxylation is 1. The number of amides is 1. The first-order valence-corrected chi connectivity index (χ1v) is 10.6. The van der Waals surface area contributed by atoms with Crippen LogP contribution in [0.5, 0.6) is 0 Å². The standard InChI is InChI=1S/C25H20ClN5O.ClH/c1-16-7-9-17(10-8-16)21-15-22(18-5-3-2-4-6-18)31-25(27-21)29-24(30-31)28-23(32)19-11-13-20(26)14-12-19;/h2-15,22H,1H3,(H2,27,28,29,30,32);1H. The van der Waals surface area contributed by atoms with Gasteiger partial charge in [-0.2, -0.15) is 4.98 Å². The number of aromatic nitrogens is 3. The smallest absolute Gasteiger partial charge is 0.258 e. The van der Waals surface area contributed by atoms with Crippen LogP contribution in [0.2, 0.25) is 5.02 Å². The molecule has 1 aromatic heterocycles. The predicted molar refractivity (Wildman–Crippen MR) is 134 cm³/mol. The molecule has 0 saturated carbocycles. The van der Waals surface area contributed by atoms with Gasteiger partial charge in [-0.15, -0.1) is 17.5 Å².